The Hall–Kier alpha value is 0.943. The molecule has 1 aliphatic carbocycles. The smallest absolute Gasteiger partial charge is 0.147 e. The van der Waals surface area contributed by atoms with Crippen molar-refractivity contribution in [1.29, 1.82) is 0 Å². The standard InChI is InChI=1S/C9H13.2ClH.Zr/c1-3-8-6-5-7-9(8)4-2;;;/h6H,3-4,7H2,1-2H3;2*1H;. The molecule has 0 aliphatic heterocycles. The van der Waals surface area contributed by atoms with Crippen molar-refractivity contribution in [2.24, 2.45) is 0 Å². The number of hydrogen-bond donors (Lipinski definition) is 0. The minimum absolute atomic E-state index is 0. The minimum atomic E-state index is 0. The SMILES string of the molecule is CCC1=C(CC)C[C]([Zr])=C1.Cl.Cl. The van der Waals surface area contributed by atoms with Gasteiger partial charge < -0.3 is 0 Å². The molecule has 0 unspecified atom stereocenters. The van der Waals surface area contributed by atoms with Crippen LogP contribution in [0.1, 0.15) is 33.1 Å². The molecule has 0 aromatic carbocycles. The fourth-order valence-electron chi connectivity index (χ4n) is 1.41. The predicted molar refractivity (Wildman–Crippen MR) is 54.8 cm³/mol. The van der Waals surface area contributed by atoms with Gasteiger partial charge in [-0.1, -0.05) is 0 Å². The Bertz CT molecular complexity index is 195. The van der Waals surface area contributed by atoms with Gasteiger partial charge in [-0.05, 0) is 0 Å². The molecule has 0 fully saturated rings. The summed E-state index contributed by atoms with van der Waals surface area (Å²) in [4.78, 5) is 0. The number of rotatable bonds is 2. The third-order valence-electron chi connectivity index (χ3n) is 2.01. The summed E-state index contributed by atoms with van der Waals surface area (Å²) in [5.41, 5.74) is 3.28. The molecule has 0 spiro atoms. The zero-order valence-electron chi connectivity index (χ0n) is 7.52. The van der Waals surface area contributed by atoms with Crippen LogP contribution in [0.15, 0.2) is 20.5 Å². The van der Waals surface area contributed by atoms with E-state index in [1.807, 2.05) is 0 Å². The third-order valence-corrected chi connectivity index (χ3v) is 2.80. The van der Waals surface area contributed by atoms with E-state index in [9.17, 15) is 0 Å². The Balaban J connectivity index is 0. The molecule has 0 atom stereocenters. The second-order valence-corrected chi connectivity index (χ2v) is 4.26. The van der Waals surface area contributed by atoms with E-state index in [0.717, 1.165) is 0 Å². The first-order valence-corrected chi connectivity index (χ1v) is 5.13. The first kappa shape index (κ1) is 15.4. The number of halogens is 2. The average Bonchev–Trinajstić information content (AvgIpc) is 2.30. The largest absolute Gasteiger partial charge is 0.147 e. The van der Waals surface area contributed by atoms with Crippen LogP contribution < -0.4 is 0 Å². The Labute approximate surface area is 103 Å². The van der Waals surface area contributed by atoms with Gasteiger partial charge in [0, 0.05) is 0 Å². The van der Waals surface area contributed by atoms with Crippen molar-refractivity contribution in [3.8, 4) is 0 Å². The quantitative estimate of drug-likeness (QED) is 0.724. The molecule has 1 aliphatic rings. The van der Waals surface area contributed by atoms with E-state index in [4.69, 9.17) is 0 Å². The molecule has 0 amide bonds. The van der Waals surface area contributed by atoms with Crippen LogP contribution in [-0.4, -0.2) is 0 Å². The first-order chi connectivity index (χ1) is 4.77. The van der Waals surface area contributed by atoms with Crippen LogP contribution in [0.25, 0.3) is 0 Å². The molecular formula is C9H15Cl2Zr. The first-order valence-electron chi connectivity index (χ1n) is 3.91. The molecule has 69 valence electrons. The van der Waals surface area contributed by atoms with Crippen molar-refractivity contribution < 1.29 is 24.7 Å². The Morgan fingerprint density at radius 3 is 2.17 bits per heavy atom. The van der Waals surface area contributed by atoms with E-state index in [1.54, 1.807) is 39.1 Å². The summed E-state index contributed by atoms with van der Waals surface area (Å²) in [6, 6.07) is 0. The summed E-state index contributed by atoms with van der Waals surface area (Å²) in [6.45, 7) is 4.50. The van der Waals surface area contributed by atoms with Crippen molar-refractivity contribution in [2.45, 2.75) is 33.1 Å². The van der Waals surface area contributed by atoms with Gasteiger partial charge in [0.2, 0.25) is 0 Å². The van der Waals surface area contributed by atoms with Crippen LogP contribution in [0, 0.1) is 0 Å². The third kappa shape index (κ3) is 3.77. The van der Waals surface area contributed by atoms with Gasteiger partial charge in [0.1, 0.15) is 0 Å². The van der Waals surface area contributed by atoms with E-state index in [-0.39, 0.29) is 24.8 Å². The van der Waals surface area contributed by atoms with Gasteiger partial charge in [-0.3, -0.25) is 0 Å². The molecule has 0 saturated carbocycles. The van der Waals surface area contributed by atoms with Crippen molar-refractivity contribution in [2.75, 3.05) is 0 Å². The van der Waals surface area contributed by atoms with Crippen LogP contribution >= 0.6 is 24.8 Å². The van der Waals surface area contributed by atoms with E-state index in [1.165, 1.54) is 19.3 Å². The van der Waals surface area contributed by atoms with Gasteiger partial charge in [0.25, 0.3) is 0 Å². The fraction of sp³-hybridized carbons (Fsp3) is 0.556. The van der Waals surface area contributed by atoms with Crippen LogP contribution in [0.2, 0.25) is 0 Å². The van der Waals surface area contributed by atoms with E-state index in [0.29, 0.717) is 0 Å². The molecule has 3 heteroatoms. The fourth-order valence-corrected chi connectivity index (χ4v) is 2.36. The monoisotopic (exact) mass is 283 g/mol. The number of allylic oxidation sites excluding steroid dienone is 4. The Morgan fingerprint density at radius 2 is 1.83 bits per heavy atom. The van der Waals surface area contributed by atoms with Gasteiger partial charge in [0.05, 0.1) is 0 Å². The van der Waals surface area contributed by atoms with Gasteiger partial charge in [-0.2, -0.15) is 0 Å². The normalized spacial score (nSPS) is 14.9. The summed E-state index contributed by atoms with van der Waals surface area (Å²) in [5, 5.41) is 0. The van der Waals surface area contributed by atoms with Gasteiger partial charge in [-0.15, -0.1) is 24.8 Å². The molecule has 0 saturated heterocycles. The van der Waals surface area contributed by atoms with Gasteiger partial charge >= 0.3 is 78.3 Å². The van der Waals surface area contributed by atoms with E-state index >= 15 is 0 Å². The zero-order valence-corrected chi connectivity index (χ0v) is 11.6. The Morgan fingerprint density at radius 1 is 1.25 bits per heavy atom. The molecule has 12 heavy (non-hydrogen) atoms. The summed E-state index contributed by atoms with van der Waals surface area (Å²) in [6.07, 6.45) is 6.13. The molecule has 0 heterocycles. The summed E-state index contributed by atoms with van der Waals surface area (Å²) >= 11 is 1.60. The van der Waals surface area contributed by atoms with Crippen molar-refractivity contribution in [3.05, 3.63) is 20.5 Å². The topological polar surface area (TPSA) is 0 Å². The van der Waals surface area contributed by atoms with Crippen LogP contribution in [0.4, 0.5) is 0 Å². The van der Waals surface area contributed by atoms with E-state index in [2.05, 4.69) is 19.9 Å². The van der Waals surface area contributed by atoms with Gasteiger partial charge in [-0.25, -0.2) is 0 Å². The zero-order chi connectivity index (χ0) is 7.56. The predicted octanol–water partition coefficient (Wildman–Crippen LogP) is 3.78. The maximum atomic E-state index is 2.39. The number of hydrogen-bond acceptors (Lipinski definition) is 0. The minimum Gasteiger partial charge on any atom is -0.147 e. The second kappa shape index (κ2) is 7.36. The second-order valence-electron chi connectivity index (χ2n) is 2.68. The molecule has 0 aromatic heterocycles. The van der Waals surface area contributed by atoms with E-state index < -0.39 is 0 Å². The van der Waals surface area contributed by atoms with Crippen LogP contribution in [0.5, 0.6) is 0 Å². The molecule has 0 radical (unpaired) electrons. The maximum Gasteiger partial charge on any atom is -0.147 e. The molecule has 0 nitrogen and oxygen atoms in total. The van der Waals surface area contributed by atoms with Crippen molar-refractivity contribution in [1.82, 2.24) is 0 Å². The molecule has 0 N–H and O–H groups in total. The summed E-state index contributed by atoms with van der Waals surface area (Å²) < 4.78 is 1.63. The van der Waals surface area contributed by atoms with Crippen molar-refractivity contribution >= 4 is 24.8 Å². The average molecular weight is 285 g/mol. The summed E-state index contributed by atoms with van der Waals surface area (Å²) in [5.74, 6) is 0. The Kier molecular flexibility index (Phi) is 9.45. The van der Waals surface area contributed by atoms with Crippen molar-refractivity contribution in [3.63, 3.8) is 0 Å². The molecular weight excluding hydrogens is 270 g/mol. The molecule has 0 bridgehead atoms. The molecule has 1 rings (SSSR count). The molecule has 0 aromatic rings. The van der Waals surface area contributed by atoms with Gasteiger partial charge in [0.15, 0.2) is 0 Å². The van der Waals surface area contributed by atoms with Crippen LogP contribution in [0.3, 0.4) is 0 Å². The summed E-state index contributed by atoms with van der Waals surface area (Å²) in [7, 11) is 0. The maximum absolute atomic E-state index is 2.39. The van der Waals surface area contributed by atoms with Crippen LogP contribution in [-0.2, 0) is 24.7 Å².